The molecule has 0 bridgehead atoms. The van der Waals surface area contributed by atoms with E-state index in [0.29, 0.717) is 13.0 Å². The van der Waals surface area contributed by atoms with Crippen molar-refractivity contribution < 1.29 is 9.21 Å². The molecule has 2 heterocycles. The molecule has 0 saturated carbocycles. The van der Waals surface area contributed by atoms with E-state index in [1.54, 1.807) is 4.90 Å². The van der Waals surface area contributed by atoms with Crippen molar-refractivity contribution in [3.05, 3.63) is 42.5 Å². The van der Waals surface area contributed by atoms with E-state index in [9.17, 15) is 4.79 Å². The van der Waals surface area contributed by atoms with Gasteiger partial charge in [0.25, 0.3) is 0 Å². The van der Waals surface area contributed by atoms with Crippen LogP contribution in [0.15, 0.2) is 46.9 Å². The van der Waals surface area contributed by atoms with Gasteiger partial charge in [-0.2, -0.15) is 0 Å². The molecule has 3 nitrogen and oxygen atoms in total. The molecule has 1 fully saturated rings. The second-order valence-electron chi connectivity index (χ2n) is 5.08. The van der Waals surface area contributed by atoms with Gasteiger partial charge in [0, 0.05) is 29.4 Å². The van der Waals surface area contributed by atoms with Crippen molar-refractivity contribution in [3.63, 3.8) is 0 Å². The molecule has 1 unspecified atom stereocenters. The standard InChI is InChI=1S/C16H12ClNO2/c17-10-7-16(19)18(9-10)11-5-6-15-13(8-11)12-3-1-2-4-14(12)20-15/h1-6,8,10H,7,9H2. The number of rotatable bonds is 1. The third-order valence-electron chi connectivity index (χ3n) is 3.75. The first kappa shape index (κ1) is 11.8. The smallest absolute Gasteiger partial charge is 0.228 e. The van der Waals surface area contributed by atoms with Gasteiger partial charge in [-0.3, -0.25) is 4.79 Å². The molecule has 3 aromatic rings. The van der Waals surface area contributed by atoms with Crippen molar-refractivity contribution in [2.24, 2.45) is 0 Å². The van der Waals surface area contributed by atoms with Gasteiger partial charge >= 0.3 is 0 Å². The lowest BCUT2D eigenvalue weighted by atomic mass is 10.1. The lowest BCUT2D eigenvalue weighted by molar-refractivity contribution is -0.117. The summed E-state index contributed by atoms with van der Waals surface area (Å²) in [5.41, 5.74) is 2.59. The summed E-state index contributed by atoms with van der Waals surface area (Å²) >= 11 is 6.06. The quantitative estimate of drug-likeness (QED) is 0.635. The topological polar surface area (TPSA) is 33.5 Å². The highest BCUT2D eigenvalue weighted by atomic mass is 35.5. The van der Waals surface area contributed by atoms with E-state index in [-0.39, 0.29) is 11.3 Å². The second kappa shape index (κ2) is 4.25. The van der Waals surface area contributed by atoms with Crippen LogP contribution in [0.2, 0.25) is 0 Å². The SMILES string of the molecule is O=C1CC(Cl)CN1c1ccc2oc3ccccc3c2c1. The summed E-state index contributed by atoms with van der Waals surface area (Å²) < 4.78 is 5.79. The Labute approximate surface area is 120 Å². The van der Waals surface area contributed by atoms with Crippen LogP contribution < -0.4 is 4.90 Å². The van der Waals surface area contributed by atoms with Crippen molar-refractivity contribution >= 4 is 45.1 Å². The number of amides is 1. The van der Waals surface area contributed by atoms with E-state index in [2.05, 4.69) is 0 Å². The Bertz CT molecular complexity index is 824. The van der Waals surface area contributed by atoms with Crippen molar-refractivity contribution in [2.75, 3.05) is 11.4 Å². The fourth-order valence-electron chi connectivity index (χ4n) is 2.80. The van der Waals surface area contributed by atoms with Crippen molar-refractivity contribution in [2.45, 2.75) is 11.8 Å². The van der Waals surface area contributed by atoms with Gasteiger partial charge in [0.2, 0.25) is 5.91 Å². The molecule has 2 aromatic carbocycles. The summed E-state index contributed by atoms with van der Waals surface area (Å²) in [5, 5.41) is 2.00. The van der Waals surface area contributed by atoms with Gasteiger partial charge in [0.1, 0.15) is 11.2 Å². The molecular formula is C16H12ClNO2. The maximum absolute atomic E-state index is 11.9. The predicted molar refractivity (Wildman–Crippen MR) is 80.3 cm³/mol. The van der Waals surface area contributed by atoms with Crippen LogP contribution in [0.3, 0.4) is 0 Å². The molecule has 1 saturated heterocycles. The van der Waals surface area contributed by atoms with Crippen LogP contribution in [0.1, 0.15) is 6.42 Å². The predicted octanol–water partition coefficient (Wildman–Crippen LogP) is 3.93. The molecule has 100 valence electrons. The first-order valence-corrected chi connectivity index (χ1v) is 7.02. The zero-order valence-corrected chi connectivity index (χ0v) is 11.4. The molecule has 1 atom stereocenters. The van der Waals surface area contributed by atoms with E-state index in [4.69, 9.17) is 16.0 Å². The fourth-order valence-corrected chi connectivity index (χ4v) is 3.07. The van der Waals surface area contributed by atoms with Crippen LogP contribution in [-0.2, 0) is 4.79 Å². The minimum absolute atomic E-state index is 0.0807. The second-order valence-corrected chi connectivity index (χ2v) is 5.70. The summed E-state index contributed by atoms with van der Waals surface area (Å²) in [5.74, 6) is 0.0807. The van der Waals surface area contributed by atoms with Gasteiger partial charge in [-0.25, -0.2) is 0 Å². The number of nitrogens with zero attached hydrogens (tertiary/aromatic N) is 1. The van der Waals surface area contributed by atoms with Crippen molar-refractivity contribution in [1.29, 1.82) is 0 Å². The maximum Gasteiger partial charge on any atom is 0.228 e. The van der Waals surface area contributed by atoms with Gasteiger partial charge in [0.05, 0.1) is 5.38 Å². The van der Waals surface area contributed by atoms with Crippen LogP contribution in [0.4, 0.5) is 5.69 Å². The van der Waals surface area contributed by atoms with E-state index < -0.39 is 0 Å². The largest absolute Gasteiger partial charge is 0.456 e. The van der Waals surface area contributed by atoms with Gasteiger partial charge in [0.15, 0.2) is 0 Å². The average molecular weight is 286 g/mol. The van der Waals surface area contributed by atoms with E-state index >= 15 is 0 Å². The minimum atomic E-state index is -0.0979. The zero-order chi connectivity index (χ0) is 13.7. The lowest BCUT2D eigenvalue weighted by Crippen LogP contribution is -2.24. The Morgan fingerprint density at radius 2 is 1.90 bits per heavy atom. The molecule has 1 aliphatic rings. The summed E-state index contributed by atoms with van der Waals surface area (Å²) in [4.78, 5) is 13.7. The summed E-state index contributed by atoms with van der Waals surface area (Å²) in [6.45, 7) is 0.571. The van der Waals surface area contributed by atoms with Crippen LogP contribution in [-0.4, -0.2) is 17.8 Å². The van der Waals surface area contributed by atoms with Crippen LogP contribution in [0, 0.1) is 0 Å². The van der Waals surface area contributed by atoms with Crippen molar-refractivity contribution in [3.8, 4) is 0 Å². The Morgan fingerprint density at radius 1 is 1.10 bits per heavy atom. The van der Waals surface area contributed by atoms with E-state index in [1.807, 2.05) is 42.5 Å². The summed E-state index contributed by atoms with van der Waals surface area (Å²) in [6, 6.07) is 13.8. The molecule has 4 rings (SSSR count). The molecule has 1 aromatic heterocycles. The molecule has 0 radical (unpaired) electrons. The Balaban J connectivity index is 1.90. The number of carbonyl (C=O) groups excluding carboxylic acids is 1. The summed E-state index contributed by atoms with van der Waals surface area (Å²) in [6.07, 6.45) is 0.408. The van der Waals surface area contributed by atoms with Gasteiger partial charge in [-0.05, 0) is 24.3 Å². The molecule has 20 heavy (non-hydrogen) atoms. The normalized spacial score (nSPS) is 19.4. The van der Waals surface area contributed by atoms with E-state index in [0.717, 1.165) is 27.6 Å². The number of alkyl halides is 1. The van der Waals surface area contributed by atoms with Crippen LogP contribution in [0.25, 0.3) is 21.9 Å². The Morgan fingerprint density at radius 3 is 2.70 bits per heavy atom. The lowest BCUT2D eigenvalue weighted by Gasteiger charge is -2.15. The third kappa shape index (κ3) is 1.70. The summed E-state index contributed by atoms with van der Waals surface area (Å²) in [7, 11) is 0. The number of hydrogen-bond donors (Lipinski definition) is 0. The first-order chi connectivity index (χ1) is 9.72. The molecule has 4 heteroatoms. The Hall–Kier alpha value is -2.00. The number of carbonyl (C=O) groups is 1. The van der Waals surface area contributed by atoms with Crippen LogP contribution in [0.5, 0.6) is 0 Å². The minimum Gasteiger partial charge on any atom is -0.456 e. The van der Waals surface area contributed by atoms with Crippen molar-refractivity contribution in [1.82, 2.24) is 0 Å². The molecule has 0 N–H and O–H groups in total. The number of fused-ring (bicyclic) bond motifs is 3. The highest BCUT2D eigenvalue weighted by molar-refractivity contribution is 6.24. The molecule has 1 amide bonds. The molecule has 1 aliphatic heterocycles. The number of halogens is 1. The van der Waals surface area contributed by atoms with Gasteiger partial charge in [-0.15, -0.1) is 11.6 Å². The fraction of sp³-hybridized carbons (Fsp3) is 0.188. The highest BCUT2D eigenvalue weighted by Gasteiger charge is 2.29. The number of para-hydroxylation sites is 1. The first-order valence-electron chi connectivity index (χ1n) is 6.58. The Kier molecular flexibility index (Phi) is 2.51. The molecular weight excluding hydrogens is 274 g/mol. The van der Waals surface area contributed by atoms with E-state index in [1.165, 1.54) is 0 Å². The van der Waals surface area contributed by atoms with Gasteiger partial charge in [-0.1, -0.05) is 18.2 Å². The number of anilines is 1. The van der Waals surface area contributed by atoms with Crippen LogP contribution >= 0.6 is 11.6 Å². The maximum atomic E-state index is 11.9. The zero-order valence-electron chi connectivity index (χ0n) is 10.7. The number of furan rings is 1. The average Bonchev–Trinajstić information content (AvgIpc) is 2.98. The highest BCUT2D eigenvalue weighted by Crippen LogP contribution is 2.33. The number of hydrogen-bond acceptors (Lipinski definition) is 2. The number of benzene rings is 2. The third-order valence-corrected chi connectivity index (χ3v) is 4.04. The molecule has 0 spiro atoms. The monoisotopic (exact) mass is 285 g/mol. The van der Waals surface area contributed by atoms with Gasteiger partial charge < -0.3 is 9.32 Å². The molecule has 0 aliphatic carbocycles.